The lowest BCUT2D eigenvalue weighted by atomic mass is 10.1. The highest BCUT2D eigenvalue weighted by Gasteiger charge is 2.33. The van der Waals surface area contributed by atoms with E-state index < -0.39 is 11.9 Å². The monoisotopic (exact) mass is 292 g/mol. The SMILES string of the molecule is CN(Cc1ccc(C#N)cc1)c1nccc(C(F)(F)F)n1. The molecule has 108 valence electrons. The lowest BCUT2D eigenvalue weighted by Crippen LogP contribution is -2.21. The molecule has 0 saturated heterocycles. The van der Waals surface area contributed by atoms with E-state index in [1.165, 1.54) is 4.90 Å². The van der Waals surface area contributed by atoms with Gasteiger partial charge in [0.2, 0.25) is 5.95 Å². The third-order valence-electron chi connectivity index (χ3n) is 2.78. The molecule has 0 aliphatic rings. The predicted molar refractivity (Wildman–Crippen MR) is 70.3 cm³/mol. The highest BCUT2D eigenvalue weighted by atomic mass is 19.4. The molecule has 0 unspecified atom stereocenters. The smallest absolute Gasteiger partial charge is 0.340 e. The normalized spacial score (nSPS) is 11.0. The molecule has 1 aromatic heterocycles. The van der Waals surface area contributed by atoms with Crippen molar-refractivity contribution in [2.45, 2.75) is 12.7 Å². The van der Waals surface area contributed by atoms with Gasteiger partial charge < -0.3 is 4.90 Å². The second-order valence-corrected chi connectivity index (χ2v) is 4.40. The lowest BCUT2D eigenvalue weighted by Gasteiger charge is -2.18. The number of halogens is 3. The van der Waals surface area contributed by atoms with Gasteiger partial charge in [0, 0.05) is 19.8 Å². The summed E-state index contributed by atoms with van der Waals surface area (Å²) in [6, 6.07) is 9.61. The van der Waals surface area contributed by atoms with Crippen LogP contribution in [0.2, 0.25) is 0 Å². The van der Waals surface area contributed by atoms with Gasteiger partial charge in [-0.1, -0.05) is 12.1 Å². The first-order chi connectivity index (χ1) is 9.90. The number of benzene rings is 1. The molecule has 0 spiro atoms. The van der Waals surface area contributed by atoms with Crippen LogP contribution in [0.15, 0.2) is 36.5 Å². The number of alkyl halides is 3. The minimum Gasteiger partial charge on any atom is -0.340 e. The largest absolute Gasteiger partial charge is 0.433 e. The topological polar surface area (TPSA) is 52.8 Å². The molecule has 1 heterocycles. The Morgan fingerprint density at radius 3 is 2.43 bits per heavy atom. The summed E-state index contributed by atoms with van der Waals surface area (Å²) in [4.78, 5) is 8.87. The van der Waals surface area contributed by atoms with Gasteiger partial charge in [-0.15, -0.1) is 0 Å². The fourth-order valence-electron chi connectivity index (χ4n) is 1.72. The summed E-state index contributed by atoms with van der Waals surface area (Å²) >= 11 is 0. The van der Waals surface area contributed by atoms with Gasteiger partial charge in [0.05, 0.1) is 11.6 Å². The van der Waals surface area contributed by atoms with Crippen molar-refractivity contribution in [3.63, 3.8) is 0 Å². The number of rotatable bonds is 3. The average molecular weight is 292 g/mol. The van der Waals surface area contributed by atoms with E-state index in [4.69, 9.17) is 5.26 Å². The van der Waals surface area contributed by atoms with Gasteiger partial charge in [0.1, 0.15) is 5.69 Å². The lowest BCUT2D eigenvalue weighted by molar-refractivity contribution is -0.141. The Morgan fingerprint density at radius 2 is 1.86 bits per heavy atom. The van der Waals surface area contributed by atoms with Crippen LogP contribution in [0.3, 0.4) is 0 Å². The van der Waals surface area contributed by atoms with Crippen LogP contribution in [0, 0.1) is 11.3 Å². The molecule has 0 amide bonds. The van der Waals surface area contributed by atoms with E-state index >= 15 is 0 Å². The summed E-state index contributed by atoms with van der Waals surface area (Å²) in [5.41, 5.74) is 0.397. The number of nitriles is 1. The fourth-order valence-corrected chi connectivity index (χ4v) is 1.72. The van der Waals surface area contributed by atoms with Crippen LogP contribution in [-0.2, 0) is 12.7 Å². The van der Waals surface area contributed by atoms with Crippen molar-refractivity contribution < 1.29 is 13.2 Å². The van der Waals surface area contributed by atoms with Crippen LogP contribution >= 0.6 is 0 Å². The van der Waals surface area contributed by atoms with Crippen LogP contribution in [0.5, 0.6) is 0 Å². The van der Waals surface area contributed by atoms with Crippen LogP contribution < -0.4 is 4.90 Å². The molecule has 0 radical (unpaired) electrons. The molecule has 1 aromatic carbocycles. The fraction of sp³-hybridized carbons (Fsp3) is 0.214. The maximum atomic E-state index is 12.6. The van der Waals surface area contributed by atoms with Crippen molar-refractivity contribution in [1.29, 1.82) is 5.26 Å². The Bertz CT molecular complexity index is 659. The number of anilines is 1. The van der Waals surface area contributed by atoms with Gasteiger partial charge in [-0.05, 0) is 23.8 Å². The summed E-state index contributed by atoms with van der Waals surface area (Å²) in [5, 5.41) is 8.71. The van der Waals surface area contributed by atoms with Gasteiger partial charge >= 0.3 is 6.18 Å². The van der Waals surface area contributed by atoms with E-state index in [0.717, 1.165) is 17.8 Å². The number of hydrogen-bond donors (Lipinski definition) is 0. The average Bonchev–Trinajstić information content (AvgIpc) is 2.47. The molecule has 2 aromatic rings. The van der Waals surface area contributed by atoms with Crippen molar-refractivity contribution >= 4 is 5.95 Å². The zero-order chi connectivity index (χ0) is 15.5. The number of aromatic nitrogens is 2. The molecular weight excluding hydrogens is 281 g/mol. The van der Waals surface area contributed by atoms with Gasteiger partial charge in [-0.2, -0.15) is 18.4 Å². The Hall–Kier alpha value is -2.62. The third kappa shape index (κ3) is 3.69. The molecule has 2 rings (SSSR count). The van der Waals surface area contributed by atoms with Crippen molar-refractivity contribution in [1.82, 2.24) is 9.97 Å². The first kappa shape index (κ1) is 14.8. The molecular formula is C14H11F3N4. The second-order valence-electron chi connectivity index (χ2n) is 4.40. The molecule has 21 heavy (non-hydrogen) atoms. The Kier molecular flexibility index (Phi) is 4.08. The van der Waals surface area contributed by atoms with Crippen molar-refractivity contribution in [2.24, 2.45) is 0 Å². The summed E-state index contributed by atoms with van der Waals surface area (Å²) in [7, 11) is 1.60. The standard InChI is InChI=1S/C14H11F3N4/c1-21(9-11-4-2-10(8-18)3-5-11)13-19-7-6-12(20-13)14(15,16)17/h2-7H,9H2,1H3. The van der Waals surface area contributed by atoms with E-state index in [1.807, 2.05) is 6.07 Å². The first-order valence-corrected chi connectivity index (χ1v) is 6.00. The molecule has 0 N–H and O–H groups in total. The van der Waals surface area contributed by atoms with Gasteiger partial charge in [0.15, 0.2) is 0 Å². The molecule has 0 saturated carbocycles. The van der Waals surface area contributed by atoms with Crippen LogP contribution in [-0.4, -0.2) is 17.0 Å². The van der Waals surface area contributed by atoms with Crippen molar-refractivity contribution in [3.8, 4) is 6.07 Å². The highest BCUT2D eigenvalue weighted by Crippen LogP contribution is 2.28. The molecule has 0 fully saturated rings. The van der Waals surface area contributed by atoms with E-state index in [-0.39, 0.29) is 5.95 Å². The Labute approximate surface area is 119 Å². The molecule has 0 aliphatic carbocycles. The zero-order valence-electron chi connectivity index (χ0n) is 11.1. The summed E-state index contributed by atoms with van der Waals surface area (Å²) in [6.45, 7) is 0.340. The Balaban J connectivity index is 2.16. The van der Waals surface area contributed by atoms with E-state index in [2.05, 4.69) is 9.97 Å². The summed E-state index contributed by atoms with van der Waals surface area (Å²) < 4.78 is 37.8. The highest BCUT2D eigenvalue weighted by molar-refractivity contribution is 5.35. The second kappa shape index (κ2) is 5.79. The van der Waals surface area contributed by atoms with E-state index in [9.17, 15) is 13.2 Å². The molecule has 0 atom stereocenters. The van der Waals surface area contributed by atoms with Crippen molar-refractivity contribution in [2.75, 3.05) is 11.9 Å². The van der Waals surface area contributed by atoms with E-state index in [1.54, 1.807) is 31.3 Å². The van der Waals surface area contributed by atoms with Crippen molar-refractivity contribution in [3.05, 3.63) is 53.3 Å². The minimum absolute atomic E-state index is 0.00538. The zero-order valence-corrected chi connectivity index (χ0v) is 11.1. The molecule has 0 aliphatic heterocycles. The van der Waals surface area contributed by atoms with Gasteiger partial charge in [0.25, 0.3) is 0 Å². The van der Waals surface area contributed by atoms with Gasteiger partial charge in [-0.25, -0.2) is 9.97 Å². The number of hydrogen-bond acceptors (Lipinski definition) is 4. The molecule has 0 bridgehead atoms. The summed E-state index contributed by atoms with van der Waals surface area (Å²) in [6.07, 6.45) is -3.41. The maximum absolute atomic E-state index is 12.6. The van der Waals surface area contributed by atoms with E-state index in [0.29, 0.717) is 12.1 Å². The molecule has 4 nitrogen and oxygen atoms in total. The van der Waals surface area contributed by atoms with Gasteiger partial charge in [-0.3, -0.25) is 0 Å². The van der Waals surface area contributed by atoms with Crippen LogP contribution in [0.25, 0.3) is 0 Å². The quantitative estimate of drug-likeness (QED) is 0.872. The Morgan fingerprint density at radius 1 is 1.19 bits per heavy atom. The third-order valence-corrected chi connectivity index (χ3v) is 2.78. The summed E-state index contributed by atoms with van der Waals surface area (Å²) in [5.74, 6) is -0.00538. The minimum atomic E-state index is -4.49. The predicted octanol–water partition coefficient (Wildman–Crippen LogP) is 3.00. The van der Waals surface area contributed by atoms with Crippen LogP contribution in [0.4, 0.5) is 19.1 Å². The first-order valence-electron chi connectivity index (χ1n) is 6.00. The maximum Gasteiger partial charge on any atom is 0.433 e. The van der Waals surface area contributed by atoms with Crippen LogP contribution in [0.1, 0.15) is 16.8 Å². The molecule has 7 heteroatoms. The number of nitrogens with zero attached hydrogens (tertiary/aromatic N) is 4.